The Morgan fingerprint density at radius 3 is 2.55 bits per heavy atom. The van der Waals surface area contributed by atoms with Gasteiger partial charge in [-0.2, -0.15) is 5.10 Å². The van der Waals surface area contributed by atoms with Crippen LogP contribution >= 0.6 is 0 Å². The van der Waals surface area contributed by atoms with E-state index in [1.54, 1.807) is 18.3 Å². The molecule has 2 rings (SSSR count). The smallest absolute Gasteiger partial charge is 0.305 e. The number of amides is 1. The molecule has 6 heteroatoms. The van der Waals surface area contributed by atoms with Crippen LogP contribution in [0.5, 0.6) is 0 Å². The van der Waals surface area contributed by atoms with Crippen molar-refractivity contribution in [2.45, 2.75) is 19.9 Å². The number of rotatable bonds is 7. The standard InChI is InChI=1S/C16H19N3O3/c1-2-18(11-8-15(20)21)16(22)14-6-4-13(5-7-14)12-19-10-3-9-17-19/h3-7,9-10H,2,8,11-12H2,1H3,(H,20,21). The van der Waals surface area contributed by atoms with E-state index in [1.807, 2.05) is 36.0 Å². The number of hydrogen-bond acceptors (Lipinski definition) is 3. The summed E-state index contributed by atoms with van der Waals surface area (Å²) in [4.78, 5) is 24.5. The summed E-state index contributed by atoms with van der Waals surface area (Å²) in [6.07, 6.45) is 3.56. The van der Waals surface area contributed by atoms with Crippen LogP contribution in [-0.4, -0.2) is 44.8 Å². The van der Waals surface area contributed by atoms with E-state index in [4.69, 9.17) is 5.11 Å². The van der Waals surface area contributed by atoms with Crippen LogP contribution in [0, 0.1) is 0 Å². The van der Waals surface area contributed by atoms with Gasteiger partial charge >= 0.3 is 5.97 Å². The molecule has 0 spiro atoms. The van der Waals surface area contributed by atoms with Crippen molar-refractivity contribution >= 4 is 11.9 Å². The summed E-state index contributed by atoms with van der Waals surface area (Å²) in [5.74, 6) is -1.05. The van der Waals surface area contributed by atoms with Crippen molar-refractivity contribution in [3.05, 3.63) is 53.9 Å². The molecule has 0 aliphatic carbocycles. The molecule has 6 nitrogen and oxygen atoms in total. The van der Waals surface area contributed by atoms with Gasteiger partial charge in [-0.1, -0.05) is 12.1 Å². The Labute approximate surface area is 129 Å². The highest BCUT2D eigenvalue weighted by molar-refractivity contribution is 5.94. The van der Waals surface area contributed by atoms with Crippen LogP contribution in [0.2, 0.25) is 0 Å². The quantitative estimate of drug-likeness (QED) is 0.847. The second kappa shape index (κ2) is 7.40. The van der Waals surface area contributed by atoms with Crippen molar-refractivity contribution < 1.29 is 14.7 Å². The fourth-order valence-electron chi connectivity index (χ4n) is 2.15. The Morgan fingerprint density at radius 1 is 1.27 bits per heavy atom. The molecule has 1 aromatic heterocycles. The lowest BCUT2D eigenvalue weighted by Crippen LogP contribution is -2.32. The lowest BCUT2D eigenvalue weighted by Gasteiger charge is -2.20. The zero-order chi connectivity index (χ0) is 15.9. The van der Waals surface area contributed by atoms with Crippen LogP contribution in [0.4, 0.5) is 0 Å². The maximum Gasteiger partial charge on any atom is 0.305 e. The van der Waals surface area contributed by atoms with Crippen molar-refractivity contribution in [1.82, 2.24) is 14.7 Å². The Balaban J connectivity index is 2.01. The number of aliphatic carboxylic acids is 1. The number of aromatic nitrogens is 2. The van der Waals surface area contributed by atoms with Gasteiger partial charge in [-0.15, -0.1) is 0 Å². The minimum atomic E-state index is -0.902. The summed E-state index contributed by atoms with van der Waals surface area (Å²) in [7, 11) is 0. The molecular weight excluding hydrogens is 282 g/mol. The van der Waals surface area contributed by atoms with Gasteiger partial charge in [0.25, 0.3) is 5.91 Å². The van der Waals surface area contributed by atoms with Crippen LogP contribution in [0.3, 0.4) is 0 Å². The first-order valence-electron chi connectivity index (χ1n) is 7.17. The number of carboxylic acids is 1. The Morgan fingerprint density at radius 2 is 2.00 bits per heavy atom. The molecule has 2 aromatic rings. The molecule has 0 atom stereocenters. The van der Waals surface area contributed by atoms with E-state index in [2.05, 4.69) is 5.10 Å². The number of benzene rings is 1. The molecule has 1 aromatic carbocycles. The summed E-state index contributed by atoms with van der Waals surface area (Å²) in [5, 5.41) is 12.9. The van der Waals surface area contributed by atoms with Gasteiger partial charge in [0.2, 0.25) is 0 Å². The monoisotopic (exact) mass is 301 g/mol. The number of nitrogens with zero attached hydrogens (tertiary/aromatic N) is 3. The maximum absolute atomic E-state index is 12.3. The molecule has 1 N–H and O–H groups in total. The predicted octanol–water partition coefficient (Wildman–Crippen LogP) is 1.87. The van der Waals surface area contributed by atoms with Crippen LogP contribution < -0.4 is 0 Å². The fourth-order valence-corrected chi connectivity index (χ4v) is 2.15. The van der Waals surface area contributed by atoms with Crippen molar-refractivity contribution in [3.63, 3.8) is 0 Å². The summed E-state index contributed by atoms with van der Waals surface area (Å²) in [5.41, 5.74) is 1.62. The molecule has 0 aliphatic heterocycles. The predicted molar refractivity (Wildman–Crippen MR) is 81.6 cm³/mol. The third-order valence-electron chi connectivity index (χ3n) is 3.37. The van der Waals surface area contributed by atoms with E-state index in [0.717, 1.165) is 5.56 Å². The van der Waals surface area contributed by atoms with E-state index in [0.29, 0.717) is 18.7 Å². The van der Waals surface area contributed by atoms with E-state index in [-0.39, 0.29) is 18.9 Å². The second-order valence-electron chi connectivity index (χ2n) is 4.93. The van der Waals surface area contributed by atoms with Gasteiger partial charge in [0.15, 0.2) is 0 Å². The number of hydrogen-bond donors (Lipinski definition) is 1. The van der Waals surface area contributed by atoms with E-state index < -0.39 is 5.97 Å². The largest absolute Gasteiger partial charge is 0.481 e. The van der Waals surface area contributed by atoms with Crippen molar-refractivity contribution in [1.29, 1.82) is 0 Å². The SMILES string of the molecule is CCN(CCC(=O)O)C(=O)c1ccc(Cn2cccn2)cc1. The molecule has 116 valence electrons. The lowest BCUT2D eigenvalue weighted by atomic mass is 10.1. The van der Waals surface area contributed by atoms with Crippen LogP contribution in [-0.2, 0) is 11.3 Å². The van der Waals surface area contributed by atoms with Gasteiger partial charge in [-0.25, -0.2) is 0 Å². The minimum Gasteiger partial charge on any atom is -0.481 e. The molecule has 22 heavy (non-hydrogen) atoms. The van der Waals surface area contributed by atoms with Gasteiger partial charge in [0.05, 0.1) is 13.0 Å². The zero-order valence-electron chi connectivity index (χ0n) is 12.5. The summed E-state index contributed by atoms with van der Waals surface area (Å²) in [6.45, 7) is 3.20. The normalized spacial score (nSPS) is 10.4. The summed E-state index contributed by atoms with van der Waals surface area (Å²) >= 11 is 0. The molecule has 0 saturated carbocycles. The molecule has 1 amide bonds. The van der Waals surface area contributed by atoms with Gasteiger partial charge in [0, 0.05) is 31.0 Å². The first-order chi connectivity index (χ1) is 10.6. The molecule has 0 saturated heterocycles. The summed E-state index contributed by atoms with van der Waals surface area (Å²) in [6, 6.07) is 9.18. The third kappa shape index (κ3) is 4.18. The molecule has 1 heterocycles. The second-order valence-corrected chi connectivity index (χ2v) is 4.93. The number of carbonyl (C=O) groups excluding carboxylic acids is 1. The Kier molecular flexibility index (Phi) is 5.30. The minimum absolute atomic E-state index is 0.0447. The van der Waals surface area contributed by atoms with Gasteiger partial charge in [0.1, 0.15) is 0 Å². The highest BCUT2D eigenvalue weighted by atomic mass is 16.4. The maximum atomic E-state index is 12.3. The molecule has 0 radical (unpaired) electrons. The Bertz CT molecular complexity index is 621. The number of carbonyl (C=O) groups is 2. The average Bonchev–Trinajstić information content (AvgIpc) is 3.01. The molecule has 0 unspecified atom stereocenters. The topological polar surface area (TPSA) is 75.4 Å². The van der Waals surface area contributed by atoms with Gasteiger partial charge < -0.3 is 10.0 Å². The van der Waals surface area contributed by atoms with Crippen LogP contribution in [0.15, 0.2) is 42.7 Å². The van der Waals surface area contributed by atoms with E-state index in [9.17, 15) is 9.59 Å². The molecule has 0 aliphatic rings. The molecular formula is C16H19N3O3. The summed E-state index contributed by atoms with van der Waals surface area (Å²) < 4.78 is 1.81. The van der Waals surface area contributed by atoms with Crippen molar-refractivity contribution in [2.24, 2.45) is 0 Å². The van der Waals surface area contributed by atoms with Crippen molar-refractivity contribution in [2.75, 3.05) is 13.1 Å². The fraction of sp³-hybridized carbons (Fsp3) is 0.312. The first-order valence-corrected chi connectivity index (χ1v) is 7.17. The van der Waals surface area contributed by atoms with Crippen molar-refractivity contribution in [3.8, 4) is 0 Å². The highest BCUT2D eigenvalue weighted by Crippen LogP contribution is 2.09. The molecule has 0 bridgehead atoms. The van der Waals surface area contributed by atoms with Crippen LogP contribution in [0.1, 0.15) is 29.3 Å². The zero-order valence-corrected chi connectivity index (χ0v) is 12.5. The first kappa shape index (κ1) is 15.8. The van der Waals surface area contributed by atoms with Gasteiger partial charge in [-0.3, -0.25) is 14.3 Å². The highest BCUT2D eigenvalue weighted by Gasteiger charge is 2.15. The number of carboxylic acid groups (broad SMARTS) is 1. The van der Waals surface area contributed by atoms with Gasteiger partial charge in [-0.05, 0) is 30.7 Å². The average molecular weight is 301 g/mol. The van der Waals surface area contributed by atoms with Crippen LogP contribution in [0.25, 0.3) is 0 Å². The van der Waals surface area contributed by atoms with E-state index in [1.165, 1.54) is 4.90 Å². The Hall–Kier alpha value is -2.63. The van der Waals surface area contributed by atoms with E-state index >= 15 is 0 Å². The lowest BCUT2D eigenvalue weighted by molar-refractivity contribution is -0.137. The third-order valence-corrected chi connectivity index (χ3v) is 3.37. The molecule has 0 fully saturated rings.